The maximum atomic E-state index is 12.0. The summed E-state index contributed by atoms with van der Waals surface area (Å²) in [4.78, 5) is 12.0. The van der Waals surface area contributed by atoms with Gasteiger partial charge in [0.15, 0.2) is 0 Å². The lowest BCUT2D eigenvalue weighted by Gasteiger charge is -2.22. The summed E-state index contributed by atoms with van der Waals surface area (Å²) in [6.45, 7) is 0.740. The van der Waals surface area contributed by atoms with Crippen molar-refractivity contribution in [3.63, 3.8) is 0 Å². The van der Waals surface area contributed by atoms with Crippen LogP contribution in [0.25, 0.3) is 0 Å². The summed E-state index contributed by atoms with van der Waals surface area (Å²) in [6.07, 6.45) is 6.31. The molecule has 0 heterocycles. The predicted octanol–water partition coefficient (Wildman–Crippen LogP) is 3.41. The molecule has 0 atom stereocenters. The van der Waals surface area contributed by atoms with E-state index in [0.717, 1.165) is 6.54 Å². The van der Waals surface area contributed by atoms with Gasteiger partial charge in [0.2, 0.25) is 0 Å². The zero-order valence-electron chi connectivity index (χ0n) is 12.8. The molecule has 1 aliphatic carbocycles. The zero-order chi connectivity index (χ0) is 15.1. The van der Waals surface area contributed by atoms with Gasteiger partial charge in [0.05, 0.1) is 19.9 Å². The van der Waals surface area contributed by atoms with Crippen LogP contribution in [-0.4, -0.2) is 26.8 Å². The Balaban J connectivity index is 1.86. The fourth-order valence-electron chi connectivity index (χ4n) is 2.70. The molecule has 1 aromatic rings. The number of ether oxygens (including phenoxy) is 2. The summed E-state index contributed by atoms with van der Waals surface area (Å²) in [5, 5.41) is 5.77. The lowest BCUT2D eigenvalue weighted by Crippen LogP contribution is -2.33. The minimum Gasteiger partial charge on any atom is -0.497 e. The van der Waals surface area contributed by atoms with Crippen molar-refractivity contribution in [3.05, 3.63) is 18.2 Å². The van der Waals surface area contributed by atoms with Crippen molar-refractivity contribution in [1.82, 2.24) is 5.32 Å². The molecule has 0 spiro atoms. The van der Waals surface area contributed by atoms with Gasteiger partial charge in [-0.05, 0) is 30.9 Å². The van der Waals surface area contributed by atoms with Crippen LogP contribution in [0.5, 0.6) is 11.5 Å². The molecule has 0 aliphatic heterocycles. The third-order valence-corrected chi connectivity index (χ3v) is 3.93. The van der Waals surface area contributed by atoms with Gasteiger partial charge >= 0.3 is 6.03 Å². The molecule has 0 unspecified atom stereocenters. The molecule has 1 saturated carbocycles. The summed E-state index contributed by atoms with van der Waals surface area (Å²) in [5.41, 5.74) is 0.638. The van der Waals surface area contributed by atoms with Crippen LogP contribution < -0.4 is 20.1 Å². The molecular weight excluding hydrogens is 268 g/mol. The highest BCUT2D eigenvalue weighted by molar-refractivity contribution is 5.91. The fourth-order valence-corrected chi connectivity index (χ4v) is 2.70. The van der Waals surface area contributed by atoms with Crippen LogP contribution in [-0.2, 0) is 0 Å². The van der Waals surface area contributed by atoms with E-state index < -0.39 is 0 Å². The van der Waals surface area contributed by atoms with Gasteiger partial charge in [-0.3, -0.25) is 0 Å². The average Bonchev–Trinajstić information content (AvgIpc) is 2.54. The number of hydrogen-bond donors (Lipinski definition) is 2. The Hall–Kier alpha value is -1.91. The molecule has 2 amide bonds. The predicted molar refractivity (Wildman–Crippen MR) is 83.1 cm³/mol. The normalized spacial score (nSPS) is 15.3. The number of methoxy groups -OCH3 is 2. The summed E-state index contributed by atoms with van der Waals surface area (Å²) >= 11 is 0. The Morgan fingerprint density at radius 3 is 2.62 bits per heavy atom. The molecule has 1 aliphatic rings. The van der Waals surface area contributed by atoms with Crippen LogP contribution in [0.1, 0.15) is 32.1 Å². The van der Waals surface area contributed by atoms with E-state index >= 15 is 0 Å². The first-order chi connectivity index (χ1) is 10.2. The van der Waals surface area contributed by atoms with Crippen LogP contribution >= 0.6 is 0 Å². The number of rotatable bonds is 5. The standard InChI is InChI=1S/C16H24N2O3/c1-20-13-8-9-14(15(10-13)21-2)18-16(19)17-11-12-6-4-3-5-7-12/h8-10,12H,3-7,11H2,1-2H3,(H2,17,18,19). The second-order valence-electron chi connectivity index (χ2n) is 5.41. The van der Waals surface area contributed by atoms with E-state index in [-0.39, 0.29) is 6.03 Å². The molecule has 5 nitrogen and oxygen atoms in total. The highest BCUT2D eigenvalue weighted by Crippen LogP contribution is 2.29. The van der Waals surface area contributed by atoms with Crippen molar-refractivity contribution in [2.45, 2.75) is 32.1 Å². The molecule has 2 rings (SSSR count). The molecular formula is C16H24N2O3. The first-order valence-corrected chi connectivity index (χ1v) is 7.50. The van der Waals surface area contributed by atoms with E-state index in [9.17, 15) is 4.79 Å². The van der Waals surface area contributed by atoms with Gasteiger partial charge in [-0.15, -0.1) is 0 Å². The highest BCUT2D eigenvalue weighted by atomic mass is 16.5. The Labute approximate surface area is 126 Å². The Morgan fingerprint density at radius 2 is 1.95 bits per heavy atom. The van der Waals surface area contributed by atoms with E-state index in [4.69, 9.17) is 9.47 Å². The van der Waals surface area contributed by atoms with Gasteiger partial charge in [-0.1, -0.05) is 19.3 Å². The quantitative estimate of drug-likeness (QED) is 0.874. The number of urea groups is 1. The maximum absolute atomic E-state index is 12.0. The first-order valence-electron chi connectivity index (χ1n) is 7.50. The van der Waals surface area contributed by atoms with Gasteiger partial charge in [-0.2, -0.15) is 0 Å². The molecule has 2 N–H and O–H groups in total. The third kappa shape index (κ3) is 4.55. The summed E-state index contributed by atoms with van der Waals surface area (Å²) in [7, 11) is 3.17. The van der Waals surface area contributed by atoms with Crippen molar-refractivity contribution >= 4 is 11.7 Å². The molecule has 21 heavy (non-hydrogen) atoms. The lowest BCUT2D eigenvalue weighted by atomic mass is 9.89. The van der Waals surface area contributed by atoms with Crippen LogP contribution in [0, 0.1) is 5.92 Å². The maximum Gasteiger partial charge on any atom is 0.319 e. The summed E-state index contributed by atoms with van der Waals surface area (Å²) in [6, 6.07) is 5.12. The van der Waals surface area contributed by atoms with Gasteiger partial charge in [0, 0.05) is 12.6 Å². The topological polar surface area (TPSA) is 59.6 Å². The summed E-state index contributed by atoms with van der Waals surface area (Å²) in [5.74, 6) is 1.89. The second kappa shape index (κ2) is 7.76. The summed E-state index contributed by atoms with van der Waals surface area (Å²) < 4.78 is 10.4. The van der Waals surface area contributed by atoms with Gasteiger partial charge in [-0.25, -0.2) is 4.79 Å². The lowest BCUT2D eigenvalue weighted by molar-refractivity contribution is 0.247. The van der Waals surface area contributed by atoms with Crippen LogP contribution in [0.3, 0.4) is 0 Å². The smallest absolute Gasteiger partial charge is 0.319 e. The van der Waals surface area contributed by atoms with Crippen LogP contribution in [0.2, 0.25) is 0 Å². The number of carbonyl (C=O) groups excluding carboxylic acids is 1. The van der Waals surface area contributed by atoms with Gasteiger partial charge < -0.3 is 20.1 Å². The number of nitrogens with one attached hydrogen (secondary N) is 2. The number of carbonyl (C=O) groups is 1. The molecule has 0 bridgehead atoms. The average molecular weight is 292 g/mol. The molecule has 1 fully saturated rings. The van der Waals surface area contributed by atoms with E-state index in [0.29, 0.717) is 23.1 Å². The van der Waals surface area contributed by atoms with Crippen molar-refractivity contribution in [2.75, 3.05) is 26.1 Å². The van der Waals surface area contributed by atoms with Crippen molar-refractivity contribution in [3.8, 4) is 11.5 Å². The van der Waals surface area contributed by atoms with E-state index in [1.165, 1.54) is 32.1 Å². The van der Waals surface area contributed by atoms with Gasteiger partial charge in [0.25, 0.3) is 0 Å². The number of hydrogen-bond acceptors (Lipinski definition) is 3. The van der Waals surface area contributed by atoms with Crippen molar-refractivity contribution in [1.29, 1.82) is 0 Å². The molecule has 1 aromatic carbocycles. The second-order valence-corrected chi connectivity index (χ2v) is 5.41. The Bertz CT molecular complexity index is 471. The van der Waals surface area contributed by atoms with E-state index in [2.05, 4.69) is 10.6 Å². The molecule has 0 saturated heterocycles. The molecule has 5 heteroatoms. The monoisotopic (exact) mass is 292 g/mol. The minimum absolute atomic E-state index is 0.191. The molecule has 116 valence electrons. The highest BCUT2D eigenvalue weighted by Gasteiger charge is 2.15. The van der Waals surface area contributed by atoms with Crippen molar-refractivity contribution < 1.29 is 14.3 Å². The largest absolute Gasteiger partial charge is 0.497 e. The Morgan fingerprint density at radius 1 is 1.19 bits per heavy atom. The van der Waals surface area contributed by atoms with Crippen LogP contribution in [0.4, 0.5) is 10.5 Å². The minimum atomic E-state index is -0.191. The van der Waals surface area contributed by atoms with Crippen molar-refractivity contribution in [2.24, 2.45) is 5.92 Å². The zero-order valence-corrected chi connectivity index (χ0v) is 12.8. The SMILES string of the molecule is COc1ccc(NC(=O)NCC2CCCCC2)c(OC)c1. The molecule has 0 aromatic heterocycles. The van der Waals surface area contributed by atoms with E-state index in [1.807, 2.05) is 0 Å². The number of benzene rings is 1. The number of amides is 2. The Kier molecular flexibility index (Phi) is 5.72. The molecule has 0 radical (unpaired) electrons. The number of anilines is 1. The van der Waals surface area contributed by atoms with Gasteiger partial charge in [0.1, 0.15) is 11.5 Å². The first kappa shape index (κ1) is 15.5. The van der Waals surface area contributed by atoms with E-state index in [1.54, 1.807) is 32.4 Å². The fraction of sp³-hybridized carbons (Fsp3) is 0.562. The van der Waals surface area contributed by atoms with Crippen LogP contribution in [0.15, 0.2) is 18.2 Å². The third-order valence-electron chi connectivity index (χ3n) is 3.93.